The molecule has 10 heteroatoms. The van der Waals surface area contributed by atoms with E-state index in [9.17, 15) is 0 Å². The van der Waals surface area contributed by atoms with E-state index in [0.717, 1.165) is 99.4 Å². The molecule has 2 aliphatic carbocycles. The van der Waals surface area contributed by atoms with Gasteiger partial charge in [0, 0.05) is 109 Å². The molecular weight excluding hydrogens is 1940 g/mol. The van der Waals surface area contributed by atoms with Crippen LogP contribution in [0.4, 0.5) is 0 Å². The molecule has 0 spiro atoms. The Balaban J connectivity index is 0.000000218. The molecule has 8 nitrogen and oxygen atoms in total. The number of aromatic nitrogens is 8. The van der Waals surface area contributed by atoms with Crippen molar-refractivity contribution in [1.82, 2.24) is 39.9 Å². The topological polar surface area (TPSA) is 103 Å². The molecule has 0 bridgehead atoms. The van der Waals surface area contributed by atoms with Gasteiger partial charge in [-0.05, 0) is 151 Å². The summed E-state index contributed by atoms with van der Waals surface area (Å²) in [5, 5.41) is 0. The fourth-order valence-electron chi connectivity index (χ4n) is 19.3. The number of unbranched alkanes of at least 4 members (excludes halogenated alkanes) is 13. The molecule has 0 saturated heterocycles. The maximum atomic E-state index is 5.19. The van der Waals surface area contributed by atoms with Gasteiger partial charge in [0.1, 0.15) is 0 Å². The summed E-state index contributed by atoms with van der Waals surface area (Å²) in [6, 6.07) is 90.2. The van der Waals surface area contributed by atoms with Crippen LogP contribution < -0.4 is 0 Å². The fourth-order valence-corrected chi connectivity index (χ4v) is 19.3. The second-order valence-electron chi connectivity index (χ2n) is 40.6. The first-order chi connectivity index (χ1) is 61.7. The van der Waals surface area contributed by atoms with Crippen molar-refractivity contribution in [3.63, 3.8) is 0 Å². The van der Waals surface area contributed by atoms with E-state index in [-0.39, 0.29) is 72.7 Å². The fraction of sp³-hybridized carbons (Fsp3) is 0.367. The van der Waals surface area contributed by atoms with Crippen LogP contribution in [0.5, 0.6) is 0 Å². The summed E-state index contributed by atoms with van der Waals surface area (Å²) in [6.45, 7) is 38.3. The van der Waals surface area contributed by atoms with Crippen LogP contribution in [0, 0.1) is 19.1 Å². The molecule has 9 aromatic carbocycles. The zero-order valence-corrected chi connectivity index (χ0v) is 85.1. The molecule has 0 aliphatic heterocycles. The van der Waals surface area contributed by atoms with E-state index < -0.39 is 0 Å². The summed E-state index contributed by atoms with van der Waals surface area (Å²) in [6.07, 6.45) is 33.5. The molecule has 0 fully saturated rings. The summed E-state index contributed by atoms with van der Waals surface area (Å²) in [7, 11) is 0. The average molecular weight is 2070 g/mol. The molecule has 674 valence electrons. The Labute approximate surface area is 805 Å². The van der Waals surface area contributed by atoms with Crippen molar-refractivity contribution >= 4 is 0 Å². The summed E-state index contributed by atoms with van der Waals surface area (Å²) in [5.74, 6) is 2.56. The van der Waals surface area contributed by atoms with Crippen LogP contribution in [-0.2, 0) is 79.1 Å². The van der Waals surface area contributed by atoms with Gasteiger partial charge in [-0.2, -0.15) is 0 Å². The average Bonchev–Trinajstić information content (AvgIpc) is 1.55. The Kier molecular flexibility index (Phi) is 31.9. The second-order valence-corrected chi connectivity index (χ2v) is 40.6. The molecule has 0 saturated carbocycles. The summed E-state index contributed by atoms with van der Waals surface area (Å²) in [4.78, 5) is 40.4. The number of aryl methyl sites for hydroxylation is 2. The zero-order valence-electron chi connectivity index (χ0n) is 80.3. The predicted octanol–water partition coefficient (Wildman–Crippen LogP) is 32.6. The minimum absolute atomic E-state index is 0. The van der Waals surface area contributed by atoms with Gasteiger partial charge in [0.2, 0.25) is 0 Å². The predicted molar refractivity (Wildman–Crippen MR) is 538 cm³/mol. The summed E-state index contributed by atoms with van der Waals surface area (Å²) in [5.41, 5.74) is 34.1. The van der Waals surface area contributed by atoms with E-state index in [1.165, 1.54) is 197 Å². The van der Waals surface area contributed by atoms with Crippen LogP contribution >= 0.6 is 0 Å². The molecular formula is C120H134Ir2N8-2. The molecule has 5 aromatic heterocycles. The standard InChI is InChI=1S/2C60H67N4.2Ir/c1-10-12-14-18-36-60(37-19-15-13-11-2)52-38-44(49-21-17-16-20-41(49)3)26-33-50(52)51-34-27-45(39-53(51)60)54-35-28-46(40-61-54)57-63-55(42-22-29-47(30-23-42)58(4,5)6)62-56(64-57)43-24-31-48(32-25-43)59(7,8)9;1-9-11-13-15-17-35-60(49-33-36-61-37-34-49)52-38-42(18-16-14-12-10-2)19-30-50(52)51-31-24-45(39-53(51)60)54-32-25-46(41-62-54)57-63-55(43-20-26-47(27-21-43)58(3,4)5)40-56(64-57)44-22-28-48(29-23-44)59(6,7)8;;/h16-17,20-26,28-35,38-40H,10-15,18-19,36-37H2,1-9H3;19-23,25-34,36-41H,9-18,35H2,1-8H3;;/q2*-1;;. The third-order valence-corrected chi connectivity index (χ3v) is 27.1. The Morgan fingerprint density at radius 1 is 0.300 bits per heavy atom. The number of hydrogen-bond donors (Lipinski definition) is 0. The molecule has 130 heavy (non-hydrogen) atoms. The normalized spacial score (nSPS) is 13.7. The van der Waals surface area contributed by atoms with E-state index in [1.807, 2.05) is 24.8 Å². The Hall–Kier alpha value is -10.2. The minimum atomic E-state index is -0.288. The number of benzene rings is 9. The first-order valence-corrected chi connectivity index (χ1v) is 48.1. The Morgan fingerprint density at radius 2 is 0.677 bits per heavy atom. The first-order valence-electron chi connectivity index (χ1n) is 48.1. The zero-order chi connectivity index (χ0) is 90.0. The van der Waals surface area contributed by atoms with Gasteiger partial charge < -0.3 is 9.97 Å². The van der Waals surface area contributed by atoms with Crippen molar-refractivity contribution in [2.75, 3.05) is 0 Å². The van der Waals surface area contributed by atoms with Gasteiger partial charge in [-0.1, -0.05) is 418 Å². The van der Waals surface area contributed by atoms with Crippen LogP contribution in [0.15, 0.2) is 249 Å². The smallest absolute Gasteiger partial charge is 0.165 e. The van der Waals surface area contributed by atoms with Gasteiger partial charge in [-0.3, -0.25) is 4.98 Å². The summed E-state index contributed by atoms with van der Waals surface area (Å²) >= 11 is 0. The van der Waals surface area contributed by atoms with E-state index in [2.05, 4.69) is 359 Å². The number of pyridine rings is 3. The van der Waals surface area contributed by atoms with E-state index in [1.54, 1.807) is 0 Å². The first kappa shape index (κ1) is 97.4. The molecule has 0 amide bonds. The number of rotatable bonds is 31. The quantitative estimate of drug-likeness (QED) is 0.0313. The molecule has 2 aliphatic rings. The molecule has 5 heterocycles. The van der Waals surface area contributed by atoms with Crippen molar-refractivity contribution in [3.05, 3.63) is 323 Å². The van der Waals surface area contributed by atoms with Crippen molar-refractivity contribution in [2.24, 2.45) is 0 Å². The summed E-state index contributed by atoms with van der Waals surface area (Å²) < 4.78 is 0. The molecule has 1 unspecified atom stereocenters. The molecule has 16 rings (SSSR count). The molecule has 14 aromatic rings. The van der Waals surface area contributed by atoms with Gasteiger partial charge in [0.05, 0.1) is 11.4 Å². The van der Waals surface area contributed by atoms with Crippen LogP contribution in [-0.4, -0.2) is 39.9 Å². The van der Waals surface area contributed by atoms with Crippen molar-refractivity contribution in [1.29, 1.82) is 0 Å². The molecule has 2 radical (unpaired) electrons. The van der Waals surface area contributed by atoms with Crippen LogP contribution in [0.1, 0.15) is 300 Å². The van der Waals surface area contributed by atoms with Crippen LogP contribution in [0.3, 0.4) is 0 Å². The number of fused-ring (bicyclic) bond motifs is 6. The minimum Gasteiger partial charge on any atom is -0.304 e. The van der Waals surface area contributed by atoms with Crippen LogP contribution in [0.25, 0.3) is 124 Å². The van der Waals surface area contributed by atoms with E-state index in [4.69, 9.17) is 34.9 Å². The third-order valence-electron chi connectivity index (χ3n) is 27.1. The van der Waals surface area contributed by atoms with Gasteiger partial charge >= 0.3 is 0 Å². The maximum Gasteiger partial charge on any atom is 0.165 e. The van der Waals surface area contributed by atoms with Gasteiger partial charge in [-0.15, -0.1) is 58.7 Å². The Morgan fingerprint density at radius 3 is 1.14 bits per heavy atom. The van der Waals surface area contributed by atoms with Gasteiger partial charge in [0.15, 0.2) is 23.3 Å². The Bertz CT molecular complexity index is 5950. The van der Waals surface area contributed by atoms with Gasteiger partial charge in [0.25, 0.3) is 0 Å². The third kappa shape index (κ3) is 21.9. The van der Waals surface area contributed by atoms with Crippen LogP contribution in [0.2, 0.25) is 0 Å². The maximum absolute atomic E-state index is 5.19. The number of hydrogen-bond acceptors (Lipinski definition) is 8. The second kappa shape index (κ2) is 42.6. The monoisotopic (exact) mass is 2070 g/mol. The van der Waals surface area contributed by atoms with Crippen molar-refractivity contribution in [3.8, 4) is 124 Å². The number of nitrogens with zero attached hydrogens (tertiary/aromatic N) is 8. The molecule has 1 atom stereocenters. The van der Waals surface area contributed by atoms with Crippen molar-refractivity contribution in [2.45, 2.75) is 285 Å². The van der Waals surface area contributed by atoms with Gasteiger partial charge in [-0.25, -0.2) is 24.9 Å². The largest absolute Gasteiger partial charge is 0.304 e. The van der Waals surface area contributed by atoms with E-state index in [0.29, 0.717) is 23.3 Å². The SMILES string of the molecule is CCCCCCC1(CCCCCC)c2cc(-c3ccc(-c4nc(-c5ccc(C(C)(C)C)cc5)nc(-c5ccc(C(C)(C)C)cc5)n4)cn3)[c-]cc2-c2ccc(-c3ccccc3C)cc21.CCCCCCCC1(c2ccncc2)c2cc(-c3ccc(-c4nc(-c5ccc(C(C)(C)C)cc5)cc(-c5ccc(C(C)(C)C)cc5)n4)cn3)[c-]cc2-c2ccc(CCCCCC)cc21.[Ir].[Ir]. The van der Waals surface area contributed by atoms with E-state index >= 15 is 0 Å². The molecule has 0 N–H and O–H groups in total. The van der Waals surface area contributed by atoms with Crippen molar-refractivity contribution < 1.29 is 40.2 Å².